The molecule has 0 bridgehead atoms. The maximum Gasteiger partial charge on any atom is 0.247 e. The predicted octanol–water partition coefficient (Wildman–Crippen LogP) is 2.63. The third-order valence-corrected chi connectivity index (χ3v) is 1.70. The average molecular weight is 209 g/mol. The molecule has 1 aromatic rings. The number of Topliss-reactive ketones (excluding diaryl/α,β-unsaturated/α-hetero) is 1. The summed E-state index contributed by atoms with van der Waals surface area (Å²) in [6, 6.07) is 2.93. The molecular weight excluding hydrogens is 190 g/mol. The second kappa shape index (κ2) is 6.98. The third-order valence-electron chi connectivity index (χ3n) is 1.70. The lowest BCUT2D eigenvalue weighted by atomic mass is 10.0. The number of H-pyrrole nitrogens is 1. The summed E-state index contributed by atoms with van der Waals surface area (Å²) in [6.45, 7) is 7.98. The van der Waals surface area contributed by atoms with Crippen molar-refractivity contribution in [1.82, 2.24) is 4.98 Å². The van der Waals surface area contributed by atoms with Gasteiger partial charge in [0, 0.05) is 24.2 Å². The maximum absolute atomic E-state index is 11.4. The molecule has 0 saturated heterocycles. The van der Waals surface area contributed by atoms with Crippen LogP contribution in [0, 0.1) is 5.92 Å². The summed E-state index contributed by atoms with van der Waals surface area (Å²) in [5.41, 5.74) is 0.398. The van der Waals surface area contributed by atoms with E-state index in [1.54, 1.807) is 6.07 Å². The molecule has 0 atom stereocenters. The minimum Gasteiger partial charge on any atom is -0.328 e. The average Bonchev–Trinajstić information content (AvgIpc) is 2.20. The lowest BCUT2D eigenvalue weighted by Crippen LogP contribution is -2.08. The van der Waals surface area contributed by atoms with E-state index in [2.05, 4.69) is 4.98 Å². The highest BCUT2D eigenvalue weighted by atomic mass is 16.1. The fourth-order valence-corrected chi connectivity index (χ4v) is 1.07. The Labute approximate surface area is 90.5 Å². The van der Waals surface area contributed by atoms with Crippen molar-refractivity contribution < 1.29 is 4.79 Å². The maximum atomic E-state index is 11.4. The summed E-state index contributed by atoms with van der Waals surface area (Å²) < 4.78 is 0. The van der Waals surface area contributed by atoms with Crippen molar-refractivity contribution in [1.29, 1.82) is 0 Å². The van der Waals surface area contributed by atoms with Gasteiger partial charge in [-0.15, -0.1) is 0 Å². The van der Waals surface area contributed by atoms with Crippen LogP contribution in [0.5, 0.6) is 0 Å². The Morgan fingerprint density at radius 3 is 2.33 bits per heavy atom. The first-order valence-corrected chi connectivity index (χ1v) is 5.31. The molecule has 0 aromatic carbocycles. The SMILES string of the molecule is CC.CC(C)CC(=O)c1ccc(=O)[nH]c1. The van der Waals surface area contributed by atoms with E-state index >= 15 is 0 Å². The zero-order chi connectivity index (χ0) is 11.8. The molecule has 15 heavy (non-hydrogen) atoms. The Morgan fingerprint density at radius 2 is 1.93 bits per heavy atom. The number of aromatic nitrogens is 1. The fourth-order valence-electron chi connectivity index (χ4n) is 1.07. The topological polar surface area (TPSA) is 49.9 Å². The molecule has 0 aliphatic heterocycles. The third kappa shape index (κ3) is 5.15. The first kappa shape index (κ1) is 13.6. The zero-order valence-electron chi connectivity index (χ0n) is 9.83. The van der Waals surface area contributed by atoms with Gasteiger partial charge in [-0.1, -0.05) is 27.7 Å². The van der Waals surface area contributed by atoms with Gasteiger partial charge in [-0.3, -0.25) is 9.59 Å². The van der Waals surface area contributed by atoms with Gasteiger partial charge in [-0.25, -0.2) is 0 Å². The monoisotopic (exact) mass is 209 g/mol. The van der Waals surface area contributed by atoms with Gasteiger partial charge >= 0.3 is 0 Å². The van der Waals surface area contributed by atoms with Crippen molar-refractivity contribution in [3.8, 4) is 0 Å². The molecule has 0 unspecified atom stereocenters. The first-order chi connectivity index (χ1) is 7.09. The molecule has 1 rings (SSSR count). The van der Waals surface area contributed by atoms with Gasteiger partial charge in [0.25, 0.3) is 0 Å². The van der Waals surface area contributed by atoms with Gasteiger partial charge in [-0.2, -0.15) is 0 Å². The molecule has 0 saturated carbocycles. The number of nitrogens with one attached hydrogen (secondary N) is 1. The van der Waals surface area contributed by atoms with Gasteiger partial charge < -0.3 is 4.98 Å². The van der Waals surface area contributed by atoms with Crippen LogP contribution in [0.4, 0.5) is 0 Å². The second-order valence-corrected chi connectivity index (χ2v) is 3.46. The Kier molecular flexibility index (Phi) is 6.34. The van der Waals surface area contributed by atoms with E-state index in [1.807, 2.05) is 27.7 Å². The number of carbonyl (C=O) groups excluding carboxylic acids is 1. The van der Waals surface area contributed by atoms with Crippen molar-refractivity contribution in [2.75, 3.05) is 0 Å². The number of aromatic amines is 1. The largest absolute Gasteiger partial charge is 0.328 e. The molecule has 1 N–H and O–H groups in total. The fraction of sp³-hybridized carbons (Fsp3) is 0.500. The van der Waals surface area contributed by atoms with Crippen molar-refractivity contribution >= 4 is 5.78 Å². The molecule has 3 nitrogen and oxygen atoms in total. The lowest BCUT2D eigenvalue weighted by Gasteiger charge is -2.02. The molecule has 0 amide bonds. The smallest absolute Gasteiger partial charge is 0.247 e. The summed E-state index contributed by atoms with van der Waals surface area (Å²) in [5, 5.41) is 0. The quantitative estimate of drug-likeness (QED) is 0.778. The Morgan fingerprint density at radius 1 is 1.33 bits per heavy atom. The zero-order valence-corrected chi connectivity index (χ0v) is 9.83. The van der Waals surface area contributed by atoms with E-state index in [0.717, 1.165) is 0 Å². The van der Waals surface area contributed by atoms with Crippen molar-refractivity contribution in [2.45, 2.75) is 34.1 Å². The Balaban J connectivity index is 0.000000921. The molecule has 1 heterocycles. The molecule has 3 heteroatoms. The van der Waals surface area contributed by atoms with Gasteiger partial charge in [-0.05, 0) is 12.0 Å². The van der Waals surface area contributed by atoms with Crippen molar-refractivity contribution in [3.63, 3.8) is 0 Å². The van der Waals surface area contributed by atoms with Crippen LogP contribution >= 0.6 is 0 Å². The number of pyridine rings is 1. The van der Waals surface area contributed by atoms with E-state index in [0.29, 0.717) is 17.9 Å². The number of ketones is 1. The van der Waals surface area contributed by atoms with E-state index in [4.69, 9.17) is 0 Å². The summed E-state index contributed by atoms with van der Waals surface area (Å²) >= 11 is 0. The van der Waals surface area contributed by atoms with Crippen LogP contribution in [-0.2, 0) is 0 Å². The summed E-state index contributed by atoms with van der Waals surface area (Å²) in [4.78, 5) is 24.6. The molecule has 0 spiro atoms. The van der Waals surface area contributed by atoms with E-state index in [1.165, 1.54) is 12.3 Å². The molecule has 1 aromatic heterocycles. The second-order valence-electron chi connectivity index (χ2n) is 3.46. The number of carbonyl (C=O) groups is 1. The van der Waals surface area contributed by atoms with Crippen LogP contribution in [0.1, 0.15) is 44.5 Å². The highest BCUT2D eigenvalue weighted by molar-refractivity contribution is 5.95. The Bertz CT molecular complexity index is 332. The van der Waals surface area contributed by atoms with Crippen LogP contribution in [0.15, 0.2) is 23.1 Å². The standard InChI is InChI=1S/C10H13NO2.C2H6/c1-7(2)5-9(12)8-3-4-10(13)11-6-8;1-2/h3-4,6-7H,5H2,1-2H3,(H,11,13);1-2H3. The van der Waals surface area contributed by atoms with Gasteiger partial charge in [0.05, 0.1) is 0 Å². The predicted molar refractivity (Wildman–Crippen MR) is 62.2 cm³/mol. The van der Waals surface area contributed by atoms with Crippen LogP contribution in [0.3, 0.4) is 0 Å². The summed E-state index contributed by atoms with van der Waals surface area (Å²) in [5.74, 6) is 0.422. The highest BCUT2D eigenvalue weighted by Gasteiger charge is 2.07. The van der Waals surface area contributed by atoms with Crippen LogP contribution in [0.25, 0.3) is 0 Å². The van der Waals surface area contributed by atoms with Gasteiger partial charge in [0.15, 0.2) is 5.78 Å². The van der Waals surface area contributed by atoms with Crippen molar-refractivity contribution in [3.05, 3.63) is 34.2 Å². The van der Waals surface area contributed by atoms with Gasteiger partial charge in [0.2, 0.25) is 5.56 Å². The van der Waals surface area contributed by atoms with Crippen LogP contribution in [0.2, 0.25) is 0 Å². The van der Waals surface area contributed by atoms with Gasteiger partial charge in [0.1, 0.15) is 0 Å². The molecule has 84 valence electrons. The first-order valence-electron chi connectivity index (χ1n) is 5.31. The van der Waals surface area contributed by atoms with Crippen LogP contribution in [-0.4, -0.2) is 10.8 Å². The normalized spacial score (nSPS) is 9.40. The van der Waals surface area contributed by atoms with E-state index < -0.39 is 0 Å². The number of hydrogen-bond acceptors (Lipinski definition) is 2. The van der Waals surface area contributed by atoms with Crippen molar-refractivity contribution in [2.24, 2.45) is 5.92 Å². The number of rotatable bonds is 3. The molecule has 0 aliphatic carbocycles. The minimum atomic E-state index is -0.180. The van der Waals surface area contributed by atoms with E-state index in [-0.39, 0.29) is 11.3 Å². The van der Waals surface area contributed by atoms with E-state index in [9.17, 15) is 9.59 Å². The van der Waals surface area contributed by atoms with Crippen LogP contribution < -0.4 is 5.56 Å². The molecule has 0 aliphatic rings. The molecular formula is C12H19NO2. The summed E-state index contributed by atoms with van der Waals surface area (Å²) in [7, 11) is 0. The lowest BCUT2D eigenvalue weighted by molar-refractivity contribution is 0.0967. The highest BCUT2D eigenvalue weighted by Crippen LogP contribution is 2.06. The molecule has 0 radical (unpaired) electrons. The minimum absolute atomic E-state index is 0.0752. The Hall–Kier alpha value is -1.38. The molecule has 0 fully saturated rings. The summed E-state index contributed by atoms with van der Waals surface area (Å²) in [6.07, 6.45) is 1.99. The number of hydrogen-bond donors (Lipinski definition) is 1.